The van der Waals surface area contributed by atoms with Gasteiger partial charge in [-0.25, -0.2) is 0 Å². The molecule has 0 saturated carbocycles. The highest BCUT2D eigenvalue weighted by atomic mass is 35.5. The summed E-state index contributed by atoms with van der Waals surface area (Å²) in [5, 5.41) is 12.2. The summed E-state index contributed by atoms with van der Waals surface area (Å²) in [7, 11) is 1.71. The summed E-state index contributed by atoms with van der Waals surface area (Å²) in [6.07, 6.45) is 0. The SMILES string of the molecule is Cn1nnc(-c2[c]cc(Cl)cc2)n1. The molecule has 1 aromatic carbocycles. The van der Waals surface area contributed by atoms with Crippen molar-refractivity contribution in [3.63, 3.8) is 0 Å². The predicted octanol–water partition coefficient (Wildman–Crippen LogP) is 1.33. The van der Waals surface area contributed by atoms with Crippen molar-refractivity contribution >= 4 is 11.6 Å². The molecular weight excluding hydrogens is 188 g/mol. The van der Waals surface area contributed by atoms with E-state index in [1.807, 2.05) is 0 Å². The zero-order valence-corrected chi connectivity index (χ0v) is 7.65. The molecule has 0 amide bonds. The molecule has 5 heteroatoms. The van der Waals surface area contributed by atoms with Crippen LogP contribution in [0.3, 0.4) is 0 Å². The minimum absolute atomic E-state index is 0.555. The molecule has 0 unspecified atom stereocenters. The standard InChI is InChI=1S/C8H6ClN4/c1-13-11-8(10-12-13)6-2-4-7(9)5-3-6/h2,4-5H,1H3. The zero-order valence-electron chi connectivity index (χ0n) is 6.90. The molecule has 0 N–H and O–H groups in total. The maximum absolute atomic E-state index is 5.71. The van der Waals surface area contributed by atoms with Gasteiger partial charge in [0, 0.05) is 10.6 Å². The van der Waals surface area contributed by atoms with Crippen molar-refractivity contribution in [2.45, 2.75) is 0 Å². The highest BCUT2D eigenvalue weighted by Crippen LogP contribution is 2.15. The first kappa shape index (κ1) is 8.19. The second-order valence-electron chi connectivity index (χ2n) is 2.52. The molecule has 2 aromatic rings. The second-order valence-corrected chi connectivity index (χ2v) is 2.96. The summed E-state index contributed by atoms with van der Waals surface area (Å²) < 4.78 is 0. The van der Waals surface area contributed by atoms with Crippen molar-refractivity contribution in [1.29, 1.82) is 0 Å². The Labute approximate surface area is 80.1 Å². The van der Waals surface area contributed by atoms with Gasteiger partial charge >= 0.3 is 0 Å². The van der Waals surface area contributed by atoms with Crippen molar-refractivity contribution in [2.24, 2.45) is 7.05 Å². The number of aromatic nitrogens is 4. The molecule has 1 aromatic heterocycles. The lowest BCUT2D eigenvalue weighted by Crippen LogP contribution is -1.91. The Bertz CT molecular complexity index is 406. The Morgan fingerprint density at radius 2 is 2.31 bits per heavy atom. The van der Waals surface area contributed by atoms with Gasteiger partial charge in [-0.1, -0.05) is 11.6 Å². The number of hydrogen-bond donors (Lipinski definition) is 0. The predicted molar refractivity (Wildman–Crippen MR) is 48.1 cm³/mol. The van der Waals surface area contributed by atoms with Crippen LogP contribution in [0.15, 0.2) is 18.2 Å². The number of benzene rings is 1. The quantitative estimate of drug-likeness (QED) is 0.687. The van der Waals surface area contributed by atoms with Gasteiger partial charge in [0.25, 0.3) is 0 Å². The maximum atomic E-state index is 5.71. The van der Waals surface area contributed by atoms with E-state index in [2.05, 4.69) is 21.5 Å². The fraction of sp³-hybridized carbons (Fsp3) is 0.125. The number of aryl methyl sites for hydroxylation is 1. The molecule has 1 radical (unpaired) electrons. The molecule has 0 spiro atoms. The Kier molecular flexibility index (Phi) is 1.98. The molecule has 13 heavy (non-hydrogen) atoms. The van der Waals surface area contributed by atoms with Crippen molar-refractivity contribution in [3.8, 4) is 11.4 Å². The zero-order chi connectivity index (χ0) is 9.26. The van der Waals surface area contributed by atoms with E-state index in [0.717, 1.165) is 5.56 Å². The van der Waals surface area contributed by atoms with Crippen molar-refractivity contribution in [3.05, 3.63) is 29.3 Å². The maximum Gasteiger partial charge on any atom is 0.205 e. The van der Waals surface area contributed by atoms with Crippen LogP contribution >= 0.6 is 11.6 Å². The topological polar surface area (TPSA) is 43.6 Å². The number of hydrogen-bond acceptors (Lipinski definition) is 3. The molecule has 0 aliphatic heterocycles. The summed E-state index contributed by atoms with van der Waals surface area (Å²) in [6.45, 7) is 0. The summed E-state index contributed by atoms with van der Waals surface area (Å²) >= 11 is 5.71. The van der Waals surface area contributed by atoms with Crippen LogP contribution < -0.4 is 0 Å². The lowest BCUT2D eigenvalue weighted by molar-refractivity contribution is 0.630. The average molecular weight is 194 g/mol. The average Bonchev–Trinajstić information content (AvgIpc) is 2.53. The molecular formula is C8H6ClN4. The third-order valence-electron chi connectivity index (χ3n) is 1.52. The Balaban J connectivity index is 2.41. The largest absolute Gasteiger partial charge is 0.205 e. The molecule has 2 rings (SSSR count). The van der Waals surface area contributed by atoms with Crippen LogP contribution in [-0.2, 0) is 7.05 Å². The monoisotopic (exact) mass is 193 g/mol. The van der Waals surface area contributed by atoms with Gasteiger partial charge in [0.2, 0.25) is 5.82 Å². The van der Waals surface area contributed by atoms with E-state index in [1.54, 1.807) is 25.2 Å². The number of rotatable bonds is 1. The van der Waals surface area contributed by atoms with Crippen LogP contribution in [0.1, 0.15) is 0 Å². The van der Waals surface area contributed by atoms with Crippen LogP contribution in [-0.4, -0.2) is 20.2 Å². The second kappa shape index (κ2) is 3.14. The van der Waals surface area contributed by atoms with Crippen LogP contribution in [0, 0.1) is 6.07 Å². The van der Waals surface area contributed by atoms with Gasteiger partial charge in [-0.2, -0.15) is 4.80 Å². The summed E-state index contributed by atoms with van der Waals surface area (Å²) in [5.74, 6) is 0.555. The Morgan fingerprint density at radius 3 is 2.85 bits per heavy atom. The van der Waals surface area contributed by atoms with E-state index >= 15 is 0 Å². The van der Waals surface area contributed by atoms with Crippen LogP contribution in [0.5, 0.6) is 0 Å². The fourth-order valence-electron chi connectivity index (χ4n) is 0.937. The first-order valence-electron chi connectivity index (χ1n) is 3.67. The molecule has 0 aliphatic rings. The van der Waals surface area contributed by atoms with Crippen LogP contribution in [0.25, 0.3) is 11.4 Å². The smallest absolute Gasteiger partial charge is 0.167 e. The number of nitrogens with zero attached hydrogens (tertiary/aromatic N) is 4. The highest BCUT2D eigenvalue weighted by Gasteiger charge is 2.03. The van der Waals surface area contributed by atoms with Gasteiger partial charge in [-0.15, -0.1) is 10.2 Å². The fourth-order valence-corrected chi connectivity index (χ4v) is 1.05. The van der Waals surface area contributed by atoms with E-state index in [0.29, 0.717) is 10.8 Å². The van der Waals surface area contributed by atoms with Crippen molar-refractivity contribution in [1.82, 2.24) is 20.2 Å². The van der Waals surface area contributed by atoms with Gasteiger partial charge < -0.3 is 0 Å². The first-order chi connectivity index (χ1) is 6.25. The van der Waals surface area contributed by atoms with Crippen LogP contribution in [0.2, 0.25) is 5.02 Å². The molecule has 0 aliphatic carbocycles. The highest BCUT2D eigenvalue weighted by molar-refractivity contribution is 6.30. The molecule has 0 bridgehead atoms. The first-order valence-corrected chi connectivity index (χ1v) is 4.05. The van der Waals surface area contributed by atoms with Gasteiger partial charge in [-0.3, -0.25) is 0 Å². The van der Waals surface area contributed by atoms with E-state index in [-0.39, 0.29) is 0 Å². The number of halogens is 1. The molecule has 1 heterocycles. The van der Waals surface area contributed by atoms with E-state index in [4.69, 9.17) is 11.6 Å². The van der Waals surface area contributed by atoms with E-state index in [9.17, 15) is 0 Å². The van der Waals surface area contributed by atoms with Gasteiger partial charge in [0.05, 0.1) is 7.05 Å². The minimum Gasteiger partial charge on any atom is -0.167 e. The third-order valence-corrected chi connectivity index (χ3v) is 1.76. The molecule has 0 fully saturated rings. The minimum atomic E-state index is 0.555. The molecule has 4 nitrogen and oxygen atoms in total. The summed E-state index contributed by atoms with van der Waals surface area (Å²) in [5.41, 5.74) is 0.789. The van der Waals surface area contributed by atoms with Crippen molar-refractivity contribution < 1.29 is 0 Å². The lowest BCUT2D eigenvalue weighted by atomic mass is 10.2. The van der Waals surface area contributed by atoms with Gasteiger partial charge in [-0.05, 0) is 29.5 Å². The van der Waals surface area contributed by atoms with Gasteiger partial charge in [0.15, 0.2) is 0 Å². The Hall–Kier alpha value is -1.42. The van der Waals surface area contributed by atoms with Crippen LogP contribution in [0.4, 0.5) is 0 Å². The Morgan fingerprint density at radius 1 is 1.46 bits per heavy atom. The van der Waals surface area contributed by atoms with Crippen molar-refractivity contribution in [2.75, 3.05) is 0 Å². The van der Waals surface area contributed by atoms with E-state index in [1.165, 1.54) is 4.80 Å². The third kappa shape index (κ3) is 1.67. The lowest BCUT2D eigenvalue weighted by Gasteiger charge is -1.92. The molecule has 0 atom stereocenters. The molecule has 65 valence electrons. The normalized spacial score (nSPS) is 10.3. The summed E-state index contributed by atoms with van der Waals surface area (Å²) in [4.78, 5) is 1.40. The van der Waals surface area contributed by atoms with Gasteiger partial charge in [0.1, 0.15) is 0 Å². The molecule has 0 saturated heterocycles. The number of tetrazole rings is 1. The van der Waals surface area contributed by atoms with E-state index < -0.39 is 0 Å². The summed E-state index contributed by atoms with van der Waals surface area (Å²) in [6, 6.07) is 8.20.